The van der Waals surface area contributed by atoms with Crippen molar-refractivity contribution in [2.24, 2.45) is 0 Å². The highest BCUT2D eigenvalue weighted by Crippen LogP contribution is 2.40. The van der Waals surface area contributed by atoms with Gasteiger partial charge in [0, 0.05) is 12.0 Å². The molecule has 8 heteroatoms. The zero-order chi connectivity index (χ0) is 20.6. The van der Waals surface area contributed by atoms with Crippen molar-refractivity contribution in [2.45, 2.75) is 37.6 Å². The van der Waals surface area contributed by atoms with Gasteiger partial charge in [-0.25, -0.2) is 0 Å². The van der Waals surface area contributed by atoms with Crippen LogP contribution in [0.4, 0.5) is 18.9 Å². The molecular weight excluding hydrogens is 461 g/mol. The van der Waals surface area contributed by atoms with Gasteiger partial charge < -0.3 is 9.84 Å². The standard InChI is InChI=1S/C22H24F3N2O2.BrH/c1-29-19-11-9-16(10-12-19)21(28)15-26-13-4-2-3-8-20(26)27(21)18-7-5-6-17(14-18)22(23,24)25;/h5-7,9-12,14,28H,2-4,8,13,15H2,1H3;1H/q+1;. The van der Waals surface area contributed by atoms with Crippen LogP contribution in [0.25, 0.3) is 0 Å². The monoisotopic (exact) mass is 485 g/mol. The van der Waals surface area contributed by atoms with Crippen molar-refractivity contribution >= 4 is 28.5 Å². The number of halogens is 4. The van der Waals surface area contributed by atoms with Gasteiger partial charge in [0.25, 0.3) is 11.6 Å². The summed E-state index contributed by atoms with van der Waals surface area (Å²) in [6, 6.07) is 12.3. The first-order valence-corrected chi connectivity index (χ1v) is 9.78. The van der Waals surface area contributed by atoms with Crippen LogP contribution in [0.1, 0.15) is 36.8 Å². The highest BCUT2D eigenvalue weighted by molar-refractivity contribution is 8.93. The van der Waals surface area contributed by atoms with Gasteiger partial charge in [-0.05, 0) is 61.7 Å². The SMILES string of the molecule is Br.COc1ccc(C2(O)C[N+]3=C(CCCCC3)N2c2cccc(C(F)(F)F)c2)cc1. The number of alkyl halides is 3. The Morgan fingerprint density at radius 2 is 1.80 bits per heavy atom. The van der Waals surface area contributed by atoms with Gasteiger partial charge in [0.2, 0.25) is 0 Å². The van der Waals surface area contributed by atoms with E-state index in [1.54, 1.807) is 42.3 Å². The van der Waals surface area contributed by atoms with Crippen molar-refractivity contribution in [2.75, 3.05) is 25.1 Å². The highest BCUT2D eigenvalue weighted by atomic mass is 79.9. The number of benzene rings is 2. The van der Waals surface area contributed by atoms with Crippen molar-refractivity contribution in [3.63, 3.8) is 0 Å². The minimum atomic E-state index is -4.44. The maximum absolute atomic E-state index is 13.3. The Balaban J connectivity index is 0.00000256. The van der Waals surface area contributed by atoms with E-state index in [-0.39, 0.29) is 17.0 Å². The smallest absolute Gasteiger partial charge is 0.416 e. The molecular formula is C22H25BrF3N2O2+. The number of anilines is 1. The average Bonchev–Trinajstić information content (AvgIpc) is 2.83. The molecule has 0 amide bonds. The quantitative estimate of drug-likeness (QED) is 0.625. The Kier molecular flexibility index (Phi) is 6.48. The maximum atomic E-state index is 13.3. The molecule has 2 aliphatic heterocycles. The second kappa shape index (κ2) is 8.59. The minimum Gasteiger partial charge on any atom is -0.497 e. The van der Waals surface area contributed by atoms with E-state index >= 15 is 0 Å². The fourth-order valence-corrected chi connectivity index (χ4v) is 4.29. The molecule has 2 heterocycles. The predicted octanol–water partition coefficient (Wildman–Crippen LogP) is 4.94. The molecule has 0 radical (unpaired) electrons. The van der Waals surface area contributed by atoms with Crippen LogP contribution in [0.15, 0.2) is 48.5 Å². The lowest BCUT2D eigenvalue weighted by atomic mass is 9.99. The zero-order valence-electron chi connectivity index (χ0n) is 16.7. The average molecular weight is 486 g/mol. The summed E-state index contributed by atoms with van der Waals surface area (Å²) in [5.41, 5.74) is -1.21. The topological polar surface area (TPSA) is 35.7 Å². The summed E-state index contributed by atoms with van der Waals surface area (Å²) >= 11 is 0. The molecule has 2 aromatic carbocycles. The second-order valence-corrected chi connectivity index (χ2v) is 7.58. The van der Waals surface area contributed by atoms with E-state index in [9.17, 15) is 18.3 Å². The molecule has 30 heavy (non-hydrogen) atoms. The third kappa shape index (κ3) is 4.07. The number of amidine groups is 1. The normalized spacial score (nSPS) is 21.7. The Morgan fingerprint density at radius 1 is 1.07 bits per heavy atom. The molecule has 0 saturated heterocycles. The van der Waals surface area contributed by atoms with E-state index in [0.29, 0.717) is 30.0 Å². The first kappa shape index (κ1) is 22.6. The van der Waals surface area contributed by atoms with Crippen LogP contribution in [0.2, 0.25) is 0 Å². The number of nitrogens with zero attached hydrogens (tertiary/aromatic N) is 2. The van der Waals surface area contributed by atoms with Gasteiger partial charge >= 0.3 is 6.18 Å². The molecule has 4 rings (SSSR count). The molecule has 0 fully saturated rings. The van der Waals surface area contributed by atoms with Gasteiger partial charge in [0.1, 0.15) is 11.4 Å². The van der Waals surface area contributed by atoms with Gasteiger partial charge in [-0.3, -0.25) is 4.58 Å². The van der Waals surface area contributed by atoms with Gasteiger partial charge in [0.15, 0.2) is 6.54 Å². The van der Waals surface area contributed by atoms with Crippen LogP contribution in [0, 0.1) is 0 Å². The summed E-state index contributed by atoms with van der Waals surface area (Å²) in [5.74, 6) is 1.53. The fourth-order valence-electron chi connectivity index (χ4n) is 4.29. The zero-order valence-corrected chi connectivity index (χ0v) is 18.4. The van der Waals surface area contributed by atoms with Crippen LogP contribution in [-0.2, 0) is 11.9 Å². The second-order valence-electron chi connectivity index (χ2n) is 7.58. The van der Waals surface area contributed by atoms with Crippen LogP contribution in [-0.4, -0.2) is 35.7 Å². The number of rotatable bonds is 3. The molecule has 162 valence electrons. The maximum Gasteiger partial charge on any atom is 0.416 e. The Hall–Kier alpha value is -2.06. The van der Waals surface area contributed by atoms with E-state index < -0.39 is 17.5 Å². The third-order valence-corrected chi connectivity index (χ3v) is 5.72. The summed E-state index contributed by atoms with van der Waals surface area (Å²) in [5, 5.41) is 11.8. The molecule has 0 saturated carbocycles. The molecule has 1 atom stereocenters. The molecule has 0 bridgehead atoms. The van der Waals surface area contributed by atoms with E-state index in [4.69, 9.17) is 4.74 Å². The number of aliphatic hydroxyl groups is 1. The number of ether oxygens (including phenoxy) is 1. The van der Waals surface area contributed by atoms with Crippen LogP contribution >= 0.6 is 17.0 Å². The van der Waals surface area contributed by atoms with E-state index in [0.717, 1.165) is 43.8 Å². The molecule has 4 nitrogen and oxygen atoms in total. The van der Waals surface area contributed by atoms with E-state index in [2.05, 4.69) is 4.58 Å². The summed E-state index contributed by atoms with van der Waals surface area (Å²) < 4.78 is 47.3. The van der Waals surface area contributed by atoms with Crippen molar-refractivity contribution in [3.8, 4) is 5.75 Å². The third-order valence-electron chi connectivity index (χ3n) is 5.72. The van der Waals surface area contributed by atoms with Crippen molar-refractivity contribution in [1.82, 2.24) is 0 Å². The van der Waals surface area contributed by atoms with Gasteiger partial charge in [-0.2, -0.15) is 18.1 Å². The van der Waals surface area contributed by atoms with Crippen molar-refractivity contribution in [1.29, 1.82) is 0 Å². The summed E-state index contributed by atoms with van der Waals surface area (Å²) in [7, 11) is 1.56. The van der Waals surface area contributed by atoms with Gasteiger partial charge in [-0.1, -0.05) is 6.07 Å². The van der Waals surface area contributed by atoms with Crippen molar-refractivity contribution < 1.29 is 27.6 Å². The Bertz CT molecular complexity index is 931. The lowest BCUT2D eigenvalue weighted by Gasteiger charge is -2.29. The number of hydrogen-bond donors (Lipinski definition) is 1. The molecule has 0 aromatic heterocycles. The van der Waals surface area contributed by atoms with Crippen molar-refractivity contribution in [3.05, 3.63) is 59.7 Å². The van der Waals surface area contributed by atoms with Crippen LogP contribution < -0.4 is 9.64 Å². The Morgan fingerprint density at radius 3 is 2.47 bits per heavy atom. The summed E-state index contributed by atoms with van der Waals surface area (Å²) in [6.07, 6.45) is -0.716. The minimum absolute atomic E-state index is 0. The number of methoxy groups -OCH3 is 1. The first-order valence-electron chi connectivity index (χ1n) is 9.78. The largest absolute Gasteiger partial charge is 0.497 e. The molecule has 1 unspecified atom stereocenters. The fraction of sp³-hybridized carbons (Fsp3) is 0.409. The predicted molar refractivity (Wildman–Crippen MR) is 115 cm³/mol. The number of hydrogen-bond acceptors (Lipinski definition) is 3. The highest BCUT2D eigenvalue weighted by Gasteiger charge is 2.54. The Labute approximate surface area is 184 Å². The summed E-state index contributed by atoms with van der Waals surface area (Å²) in [6.45, 7) is 1.09. The molecule has 2 aliphatic rings. The van der Waals surface area contributed by atoms with E-state index in [1.165, 1.54) is 6.07 Å². The van der Waals surface area contributed by atoms with Crippen LogP contribution in [0.5, 0.6) is 5.75 Å². The molecule has 1 N–H and O–H groups in total. The molecule has 0 spiro atoms. The van der Waals surface area contributed by atoms with Gasteiger partial charge in [0.05, 0.1) is 19.2 Å². The lowest BCUT2D eigenvalue weighted by Crippen LogP contribution is -2.47. The first-order chi connectivity index (χ1) is 13.8. The molecule has 0 aliphatic carbocycles. The lowest BCUT2D eigenvalue weighted by molar-refractivity contribution is -0.534. The summed E-state index contributed by atoms with van der Waals surface area (Å²) in [4.78, 5) is 1.69. The van der Waals surface area contributed by atoms with E-state index in [1.807, 2.05) is 0 Å². The van der Waals surface area contributed by atoms with Gasteiger partial charge in [-0.15, -0.1) is 17.0 Å². The van der Waals surface area contributed by atoms with Crippen LogP contribution in [0.3, 0.4) is 0 Å². The molecule has 2 aromatic rings.